The predicted octanol–water partition coefficient (Wildman–Crippen LogP) is 5.67. The van der Waals surface area contributed by atoms with Gasteiger partial charge in [-0.3, -0.25) is 9.59 Å². The number of hydrogen-bond acceptors (Lipinski definition) is 4. The fourth-order valence-corrected chi connectivity index (χ4v) is 4.27. The molecule has 192 valence electrons. The minimum Gasteiger partial charge on any atom is -0.385 e. The molecule has 0 aliphatic heterocycles. The van der Waals surface area contributed by atoms with Crippen molar-refractivity contribution in [2.75, 3.05) is 32.1 Å². The van der Waals surface area contributed by atoms with Crippen LogP contribution in [-0.2, 0) is 14.9 Å². The van der Waals surface area contributed by atoms with Crippen LogP contribution in [0.25, 0.3) is 5.69 Å². The predicted molar refractivity (Wildman–Crippen MR) is 147 cm³/mol. The van der Waals surface area contributed by atoms with Crippen molar-refractivity contribution in [1.82, 2.24) is 14.7 Å². The minimum absolute atomic E-state index is 0.0853. The zero-order valence-corrected chi connectivity index (χ0v) is 23.5. The van der Waals surface area contributed by atoms with E-state index in [1.54, 1.807) is 34.9 Å². The zero-order chi connectivity index (χ0) is 26.5. The highest BCUT2D eigenvalue weighted by Gasteiger charge is 2.24. The summed E-state index contributed by atoms with van der Waals surface area (Å²) >= 11 is 3.42. The Bertz CT molecular complexity index is 1230. The Labute approximate surface area is 222 Å². The molecule has 36 heavy (non-hydrogen) atoms. The summed E-state index contributed by atoms with van der Waals surface area (Å²) in [7, 11) is 1.62. The smallest absolute Gasteiger partial charge is 0.254 e. The summed E-state index contributed by atoms with van der Waals surface area (Å²) in [5, 5.41) is 7.84. The molecule has 1 N–H and O–H groups in total. The highest BCUT2D eigenvalue weighted by molar-refractivity contribution is 9.10. The summed E-state index contributed by atoms with van der Waals surface area (Å²) in [6, 6.07) is 15.2. The number of anilines is 1. The van der Waals surface area contributed by atoms with Gasteiger partial charge in [-0.1, -0.05) is 60.5 Å². The first-order chi connectivity index (χ1) is 17.0. The molecule has 2 aromatic carbocycles. The van der Waals surface area contributed by atoms with E-state index in [1.807, 2.05) is 38.1 Å². The molecule has 0 fully saturated rings. The second-order valence-corrected chi connectivity index (χ2v) is 10.9. The summed E-state index contributed by atoms with van der Waals surface area (Å²) < 4.78 is 7.74. The molecule has 0 aliphatic carbocycles. The third-order valence-corrected chi connectivity index (χ3v) is 6.29. The average molecular weight is 556 g/mol. The lowest BCUT2D eigenvalue weighted by Gasteiger charge is -2.22. The van der Waals surface area contributed by atoms with E-state index in [-0.39, 0.29) is 23.8 Å². The Balaban J connectivity index is 1.88. The molecular formula is C28H35BrN4O3. The molecule has 8 heteroatoms. The molecule has 0 bridgehead atoms. The molecule has 7 nitrogen and oxygen atoms in total. The third-order valence-electron chi connectivity index (χ3n) is 5.80. The average Bonchev–Trinajstić information content (AvgIpc) is 3.22. The molecule has 3 aromatic rings. The molecule has 0 spiro atoms. The number of aryl methyl sites for hydroxylation is 2. The molecule has 0 aliphatic rings. The number of hydrogen-bond donors (Lipinski definition) is 1. The van der Waals surface area contributed by atoms with Crippen LogP contribution in [0.3, 0.4) is 0 Å². The minimum atomic E-state index is -0.290. The van der Waals surface area contributed by atoms with Crippen LogP contribution in [0.5, 0.6) is 0 Å². The number of aromatic nitrogens is 2. The van der Waals surface area contributed by atoms with E-state index in [0.717, 1.165) is 27.0 Å². The maximum atomic E-state index is 13.3. The molecule has 0 saturated carbocycles. The van der Waals surface area contributed by atoms with Crippen molar-refractivity contribution in [1.29, 1.82) is 0 Å². The largest absolute Gasteiger partial charge is 0.385 e. The number of amides is 2. The van der Waals surface area contributed by atoms with Crippen LogP contribution in [-0.4, -0.2) is 53.3 Å². The standard InChI is InChI=1S/C28H35BrN4O3/c1-19-11-12-23(20(2)15-19)33-25(17-24(31-33)28(3,4)5)30-26(34)18-32(13-8-14-36-6)27(35)21-9-7-10-22(29)16-21/h7,9-12,15-17H,8,13-14,18H2,1-6H3,(H,30,34). The van der Waals surface area contributed by atoms with Crippen LogP contribution in [0.4, 0.5) is 5.82 Å². The lowest BCUT2D eigenvalue weighted by Crippen LogP contribution is -2.39. The van der Waals surface area contributed by atoms with E-state index in [9.17, 15) is 9.59 Å². The van der Waals surface area contributed by atoms with E-state index in [4.69, 9.17) is 9.84 Å². The zero-order valence-electron chi connectivity index (χ0n) is 21.9. The van der Waals surface area contributed by atoms with Gasteiger partial charge in [-0.25, -0.2) is 4.68 Å². The molecule has 0 saturated heterocycles. The van der Waals surface area contributed by atoms with Crippen molar-refractivity contribution in [3.63, 3.8) is 0 Å². The molecule has 3 rings (SSSR count). The van der Waals surface area contributed by atoms with Crippen molar-refractivity contribution >= 4 is 33.6 Å². The first kappa shape index (κ1) is 27.6. The number of carbonyl (C=O) groups excluding carboxylic acids is 2. The van der Waals surface area contributed by atoms with Gasteiger partial charge in [0.15, 0.2) is 0 Å². The second-order valence-electron chi connectivity index (χ2n) is 10.00. The van der Waals surface area contributed by atoms with Gasteiger partial charge in [0.05, 0.1) is 11.4 Å². The lowest BCUT2D eigenvalue weighted by atomic mass is 9.92. The lowest BCUT2D eigenvalue weighted by molar-refractivity contribution is -0.117. The van der Waals surface area contributed by atoms with Gasteiger partial charge in [0, 0.05) is 41.8 Å². The topological polar surface area (TPSA) is 76.5 Å². The van der Waals surface area contributed by atoms with E-state index < -0.39 is 0 Å². The maximum absolute atomic E-state index is 13.3. The molecule has 0 radical (unpaired) electrons. The summed E-state index contributed by atoms with van der Waals surface area (Å²) in [4.78, 5) is 28.1. The van der Waals surface area contributed by atoms with Gasteiger partial charge in [0.2, 0.25) is 5.91 Å². The number of methoxy groups -OCH3 is 1. The number of halogens is 1. The van der Waals surface area contributed by atoms with Gasteiger partial charge in [0.25, 0.3) is 5.91 Å². The van der Waals surface area contributed by atoms with Crippen molar-refractivity contribution in [3.8, 4) is 5.69 Å². The van der Waals surface area contributed by atoms with Gasteiger partial charge in [-0.2, -0.15) is 5.10 Å². The SMILES string of the molecule is COCCCN(CC(=O)Nc1cc(C(C)(C)C)nn1-c1ccc(C)cc1C)C(=O)c1cccc(Br)c1. The van der Waals surface area contributed by atoms with Crippen LogP contribution in [0, 0.1) is 13.8 Å². The normalized spacial score (nSPS) is 11.4. The Morgan fingerprint density at radius 2 is 1.86 bits per heavy atom. The Morgan fingerprint density at radius 1 is 1.11 bits per heavy atom. The first-order valence-corrected chi connectivity index (χ1v) is 12.8. The van der Waals surface area contributed by atoms with Crippen LogP contribution in [0.1, 0.15) is 54.4 Å². The highest BCUT2D eigenvalue weighted by Crippen LogP contribution is 2.28. The van der Waals surface area contributed by atoms with Crippen molar-refractivity contribution in [2.24, 2.45) is 0 Å². The monoisotopic (exact) mass is 554 g/mol. The van der Waals surface area contributed by atoms with Gasteiger partial charge < -0.3 is 15.0 Å². The summed E-state index contributed by atoms with van der Waals surface area (Å²) in [6.07, 6.45) is 0.623. The number of nitrogens with one attached hydrogen (secondary N) is 1. The number of ether oxygens (including phenoxy) is 1. The van der Waals surface area contributed by atoms with Crippen molar-refractivity contribution < 1.29 is 14.3 Å². The quantitative estimate of drug-likeness (QED) is 0.346. The third kappa shape index (κ3) is 7.04. The van der Waals surface area contributed by atoms with Gasteiger partial charge in [-0.05, 0) is 50.1 Å². The van der Waals surface area contributed by atoms with Crippen LogP contribution < -0.4 is 5.32 Å². The number of rotatable bonds is 9. The fraction of sp³-hybridized carbons (Fsp3) is 0.393. The van der Waals surface area contributed by atoms with Crippen molar-refractivity contribution in [2.45, 2.75) is 46.5 Å². The van der Waals surface area contributed by atoms with Gasteiger partial charge in [0.1, 0.15) is 12.4 Å². The fourth-order valence-electron chi connectivity index (χ4n) is 3.88. The molecule has 0 unspecified atom stereocenters. The van der Waals surface area contributed by atoms with E-state index in [2.05, 4.69) is 48.1 Å². The van der Waals surface area contributed by atoms with Gasteiger partial charge in [-0.15, -0.1) is 0 Å². The van der Waals surface area contributed by atoms with Crippen LogP contribution in [0.15, 0.2) is 53.0 Å². The van der Waals surface area contributed by atoms with Crippen LogP contribution in [0.2, 0.25) is 0 Å². The molecular weight excluding hydrogens is 520 g/mol. The summed E-state index contributed by atoms with van der Waals surface area (Å²) in [5.74, 6) is 0.0755. The Kier molecular flexibility index (Phi) is 9.08. The summed E-state index contributed by atoms with van der Waals surface area (Å²) in [6.45, 7) is 11.1. The Morgan fingerprint density at radius 3 is 2.50 bits per heavy atom. The maximum Gasteiger partial charge on any atom is 0.254 e. The molecule has 1 heterocycles. The number of nitrogens with zero attached hydrogens (tertiary/aromatic N) is 3. The second kappa shape index (κ2) is 11.8. The van der Waals surface area contributed by atoms with Crippen molar-refractivity contribution in [3.05, 3.63) is 75.4 Å². The van der Waals surface area contributed by atoms with Crippen LogP contribution >= 0.6 is 15.9 Å². The van der Waals surface area contributed by atoms with Gasteiger partial charge >= 0.3 is 0 Å². The highest BCUT2D eigenvalue weighted by atomic mass is 79.9. The van der Waals surface area contributed by atoms with E-state index in [1.165, 1.54) is 0 Å². The number of carbonyl (C=O) groups is 2. The Hall–Kier alpha value is -2.97. The molecule has 2 amide bonds. The van der Waals surface area contributed by atoms with E-state index in [0.29, 0.717) is 31.0 Å². The first-order valence-electron chi connectivity index (χ1n) is 12.0. The molecule has 0 atom stereocenters. The van der Waals surface area contributed by atoms with E-state index >= 15 is 0 Å². The molecule has 1 aromatic heterocycles. The number of benzene rings is 2. The summed E-state index contributed by atoms with van der Waals surface area (Å²) in [5.41, 5.74) is 4.29.